The number of carbonyl (C=O) groups is 2. The largest absolute Gasteiger partial charge is 0.497 e. The molecule has 26 heavy (non-hydrogen) atoms. The highest BCUT2D eigenvalue weighted by Gasteiger charge is 2.23. The van der Waals surface area contributed by atoms with Crippen molar-refractivity contribution in [3.63, 3.8) is 0 Å². The molecule has 0 bridgehead atoms. The second-order valence-electron chi connectivity index (χ2n) is 5.48. The lowest BCUT2D eigenvalue weighted by atomic mass is 10.2. The van der Waals surface area contributed by atoms with Crippen LogP contribution in [0.1, 0.15) is 23.7 Å². The quantitative estimate of drug-likeness (QED) is 0.583. The summed E-state index contributed by atoms with van der Waals surface area (Å²) in [5.41, 5.74) is 6.89. The molecule has 2 aromatic rings. The van der Waals surface area contributed by atoms with E-state index >= 15 is 0 Å². The summed E-state index contributed by atoms with van der Waals surface area (Å²) in [4.78, 5) is 24.7. The summed E-state index contributed by atoms with van der Waals surface area (Å²) in [5, 5.41) is 2.71. The van der Waals surface area contributed by atoms with Gasteiger partial charge in [0.2, 0.25) is 0 Å². The lowest BCUT2D eigenvalue weighted by molar-refractivity contribution is -0.124. The number of nitrogens with two attached hydrogens (primary N) is 1. The molecule has 0 aliphatic rings. The number of anilines is 2. The van der Waals surface area contributed by atoms with Gasteiger partial charge in [-0.05, 0) is 42.8 Å². The molecule has 0 spiro atoms. The van der Waals surface area contributed by atoms with Crippen molar-refractivity contribution < 1.29 is 23.8 Å². The molecule has 7 heteroatoms. The van der Waals surface area contributed by atoms with Crippen LogP contribution in [0.5, 0.6) is 11.5 Å². The van der Waals surface area contributed by atoms with Gasteiger partial charge in [0.25, 0.3) is 5.91 Å². The number of esters is 1. The third-order valence-electron chi connectivity index (χ3n) is 3.72. The maximum absolute atomic E-state index is 12.5. The fourth-order valence-corrected chi connectivity index (χ4v) is 2.26. The molecule has 0 radical (unpaired) electrons. The molecule has 2 aromatic carbocycles. The summed E-state index contributed by atoms with van der Waals surface area (Å²) in [6.45, 7) is 1.75. The van der Waals surface area contributed by atoms with Crippen molar-refractivity contribution in [3.05, 3.63) is 48.0 Å². The number of hydrogen-bond donors (Lipinski definition) is 2. The molecule has 0 saturated heterocycles. The molecule has 2 rings (SSSR count). The van der Waals surface area contributed by atoms with E-state index in [1.165, 1.54) is 14.2 Å². The van der Waals surface area contributed by atoms with Gasteiger partial charge >= 0.3 is 5.97 Å². The molecule has 0 aliphatic carbocycles. The molecule has 1 amide bonds. The van der Waals surface area contributed by atoms with Crippen molar-refractivity contribution in [1.29, 1.82) is 0 Å². The minimum absolute atomic E-state index is 0.318. The van der Waals surface area contributed by atoms with Crippen LogP contribution in [0.25, 0.3) is 0 Å². The van der Waals surface area contributed by atoms with Crippen molar-refractivity contribution in [2.24, 2.45) is 0 Å². The predicted octanol–water partition coefficient (Wildman–Crippen LogP) is 2.86. The van der Waals surface area contributed by atoms with Crippen LogP contribution in [0.15, 0.2) is 42.5 Å². The minimum atomic E-state index is -0.948. The van der Waals surface area contributed by atoms with Crippen LogP contribution in [-0.2, 0) is 9.53 Å². The van der Waals surface area contributed by atoms with Crippen molar-refractivity contribution in [1.82, 2.24) is 0 Å². The van der Waals surface area contributed by atoms with Gasteiger partial charge in [-0.15, -0.1) is 0 Å². The Morgan fingerprint density at radius 2 is 1.77 bits per heavy atom. The van der Waals surface area contributed by atoms with Gasteiger partial charge in [0.15, 0.2) is 6.10 Å². The molecule has 0 heterocycles. The van der Waals surface area contributed by atoms with Crippen LogP contribution in [0.4, 0.5) is 11.4 Å². The average Bonchev–Trinajstić information content (AvgIpc) is 2.66. The Kier molecular flexibility index (Phi) is 6.43. The Bertz CT molecular complexity index is 774. The topological polar surface area (TPSA) is 99.9 Å². The molecule has 0 aromatic heterocycles. The SMILES string of the molecule is CCC(OC(=O)c1ccc(N)cc1)C(=O)Nc1cc(OC)ccc1OC. The number of ether oxygens (including phenoxy) is 3. The Hall–Kier alpha value is -3.22. The fraction of sp³-hybridized carbons (Fsp3) is 0.263. The van der Waals surface area contributed by atoms with Gasteiger partial charge in [0.05, 0.1) is 25.5 Å². The number of amides is 1. The Labute approximate surface area is 152 Å². The standard InChI is InChI=1S/C19H22N2O5/c1-4-16(26-19(23)12-5-7-13(20)8-6-12)18(22)21-15-11-14(24-2)9-10-17(15)25-3/h5-11,16H,4,20H2,1-3H3,(H,21,22). The first kappa shape index (κ1) is 19.1. The molecule has 3 N–H and O–H groups in total. The van der Waals surface area contributed by atoms with E-state index in [0.717, 1.165) is 0 Å². The highest BCUT2D eigenvalue weighted by Crippen LogP contribution is 2.29. The van der Waals surface area contributed by atoms with Gasteiger partial charge in [-0.3, -0.25) is 4.79 Å². The lowest BCUT2D eigenvalue weighted by Gasteiger charge is -2.17. The monoisotopic (exact) mass is 358 g/mol. The summed E-state index contributed by atoms with van der Waals surface area (Å²) >= 11 is 0. The van der Waals surface area contributed by atoms with Crippen molar-refractivity contribution >= 4 is 23.3 Å². The number of nitrogens with one attached hydrogen (secondary N) is 1. The fourth-order valence-electron chi connectivity index (χ4n) is 2.26. The van der Waals surface area contributed by atoms with Gasteiger partial charge in [0, 0.05) is 11.8 Å². The smallest absolute Gasteiger partial charge is 0.338 e. The maximum Gasteiger partial charge on any atom is 0.338 e. The van der Waals surface area contributed by atoms with Crippen molar-refractivity contribution in [3.8, 4) is 11.5 Å². The van der Waals surface area contributed by atoms with E-state index in [1.807, 2.05) is 0 Å². The zero-order valence-corrected chi connectivity index (χ0v) is 14.9. The first-order valence-electron chi connectivity index (χ1n) is 8.07. The zero-order valence-electron chi connectivity index (χ0n) is 14.9. The molecule has 1 unspecified atom stereocenters. The van der Waals surface area contributed by atoms with E-state index < -0.39 is 18.0 Å². The highest BCUT2D eigenvalue weighted by molar-refractivity contribution is 5.98. The Morgan fingerprint density at radius 1 is 1.08 bits per heavy atom. The van der Waals surface area contributed by atoms with Crippen LogP contribution in [0, 0.1) is 0 Å². The first-order valence-corrected chi connectivity index (χ1v) is 8.07. The van der Waals surface area contributed by atoms with Crippen LogP contribution in [-0.4, -0.2) is 32.2 Å². The van der Waals surface area contributed by atoms with E-state index in [9.17, 15) is 9.59 Å². The molecule has 0 aliphatic heterocycles. The number of hydrogen-bond acceptors (Lipinski definition) is 6. The molecule has 1 atom stereocenters. The molecule has 0 fully saturated rings. The van der Waals surface area contributed by atoms with E-state index in [0.29, 0.717) is 34.9 Å². The predicted molar refractivity (Wildman–Crippen MR) is 98.5 cm³/mol. The highest BCUT2D eigenvalue weighted by atomic mass is 16.5. The number of rotatable bonds is 7. The number of carbonyl (C=O) groups excluding carboxylic acids is 2. The molecule has 7 nitrogen and oxygen atoms in total. The third-order valence-corrected chi connectivity index (χ3v) is 3.72. The number of methoxy groups -OCH3 is 2. The zero-order chi connectivity index (χ0) is 19.1. The van der Waals surface area contributed by atoms with E-state index in [1.54, 1.807) is 49.4 Å². The maximum atomic E-state index is 12.5. The summed E-state index contributed by atoms with van der Waals surface area (Å²) in [6.07, 6.45) is -0.630. The van der Waals surface area contributed by atoms with Gasteiger partial charge in [-0.2, -0.15) is 0 Å². The van der Waals surface area contributed by atoms with Gasteiger partial charge in [0.1, 0.15) is 11.5 Å². The van der Waals surface area contributed by atoms with Crippen LogP contribution < -0.4 is 20.5 Å². The first-order chi connectivity index (χ1) is 12.5. The second-order valence-corrected chi connectivity index (χ2v) is 5.48. The van der Waals surface area contributed by atoms with Gasteiger partial charge < -0.3 is 25.3 Å². The minimum Gasteiger partial charge on any atom is -0.497 e. The number of benzene rings is 2. The van der Waals surface area contributed by atoms with Gasteiger partial charge in [-0.25, -0.2) is 4.79 Å². The lowest BCUT2D eigenvalue weighted by Crippen LogP contribution is -2.32. The van der Waals surface area contributed by atoms with E-state index in [-0.39, 0.29) is 0 Å². The molecular weight excluding hydrogens is 336 g/mol. The molecule has 138 valence electrons. The van der Waals surface area contributed by atoms with Crippen LogP contribution >= 0.6 is 0 Å². The Morgan fingerprint density at radius 3 is 2.35 bits per heavy atom. The van der Waals surface area contributed by atoms with E-state index in [2.05, 4.69) is 5.32 Å². The molecule has 0 saturated carbocycles. The van der Waals surface area contributed by atoms with Crippen molar-refractivity contribution in [2.75, 3.05) is 25.3 Å². The van der Waals surface area contributed by atoms with Crippen LogP contribution in [0.2, 0.25) is 0 Å². The summed E-state index contributed by atoms with van der Waals surface area (Å²) < 4.78 is 15.7. The van der Waals surface area contributed by atoms with Gasteiger partial charge in [-0.1, -0.05) is 6.92 Å². The Balaban J connectivity index is 2.11. The summed E-state index contributed by atoms with van der Waals surface area (Å²) in [6, 6.07) is 11.3. The summed E-state index contributed by atoms with van der Waals surface area (Å²) in [5.74, 6) is -0.0145. The normalized spacial score (nSPS) is 11.3. The average molecular weight is 358 g/mol. The number of nitrogen functional groups attached to an aromatic ring is 1. The summed E-state index contributed by atoms with van der Waals surface area (Å²) in [7, 11) is 3.02. The third kappa shape index (κ3) is 4.66. The van der Waals surface area contributed by atoms with E-state index in [4.69, 9.17) is 19.9 Å². The molecular formula is C19H22N2O5. The van der Waals surface area contributed by atoms with Crippen LogP contribution in [0.3, 0.4) is 0 Å². The van der Waals surface area contributed by atoms with Crippen molar-refractivity contribution in [2.45, 2.75) is 19.4 Å². The second kappa shape index (κ2) is 8.75.